The molecule has 0 spiro atoms. The molecular weight excluding hydrogens is 388 g/mol. The lowest BCUT2D eigenvalue weighted by atomic mass is 10.1. The van der Waals surface area contributed by atoms with Gasteiger partial charge >= 0.3 is 0 Å². The van der Waals surface area contributed by atoms with Crippen LogP contribution in [0.1, 0.15) is 22.5 Å². The second-order valence-corrected chi connectivity index (χ2v) is 7.28. The van der Waals surface area contributed by atoms with E-state index in [4.69, 9.17) is 0 Å². The van der Waals surface area contributed by atoms with E-state index in [1.165, 1.54) is 6.33 Å². The molecule has 0 bridgehead atoms. The summed E-state index contributed by atoms with van der Waals surface area (Å²) in [5.41, 5.74) is 6.45. The van der Waals surface area contributed by atoms with Crippen molar-refractivity contribution in [3.05, 3.63) is 83.4 Å². The number of aryl methyl sites for hydroxylation is 2. The zero-order valence-corrected chi connectivity index (χ0v) is 17.9. The summed E-state index contributed by atoms with van der Waals surface area (Å²) < 4.78 is 1.98. The summed E-state index contributed by atoms with van der Waals surface area (Å²) in [6.07, 6.45) is 1.51. The number of H-pyrrole nitrogens is 1. The summed E-state index contributed by atoms with van der Waals surface area (Å²) >= 11 is 0. The molecule has 31 heavy (non-hydrogen) atoms. The van der Waals surface area contributed by atoms with E-state index in [2.05, 4.69) is 73.2 Å². The van der Waals surface area contributed by atoms with Gasteiger partial charge in [0, 0.05) is 31.4 Å². The van der Waals surface area contributed by atoms with E-state index in [1.54, 1.807) is 7.05 Å². The minimum absolute atomic E-state index is 0.631. The Balaban J connectivity index is 1.41. The average Bonchev–Trinajstić information content (AvgIpc) is 3.44. The van der Waals surface area contributed by atoms with E-state index in [9.17, 15) is 0 Å². The number of nitrogens with zero attached hydrogens (tertiary/aromatic N) is 5. The molecule has 0 saturated heterocycles. The zero-order valence-electron chi connectivity index (χ0n) is 17.9. The van der Waals surface area contributed by atoms with Crippen molar-refractivity contribution in [1.82, 2.24) is 35.6 Å². The normalized spacial score (nSPS) is 11.5. The van der Waals surface area contributed by atoms with Crippen LogP contribution < -0.4 is 10.6 Å². The predicted octanol–water partition coefficient (Wildman–Crippen LogP) is 3.14. The fraction of sp³-hybridized carbons (Fsp3) is 0.217. The van der Waals surface area contributed by atoms with E-state index < -0.39 is 0 Å². The third-order valence-electron chi connectivity index (χ3n) is 4.97. The number of aromatic nitrogens is 5. The van der Waals surface area contributed by atoms with Gasteiger partial charge in [-0.1, -0.05) is 36.4 Å². The molecule has 0 aliphatic rings. The van der Waals surface area contributed by atoms with Gasteiger partial charge in [0.15, 0.2) is 11.8 Å². The third kappa shape index (κ3) is 4.80. The van der Waals surface area contributed by atoms with Crippen LogP contribution in [0.15, 0.2) is 65.9 Å². The smallest absolute Gasteiger partial charge is 0.191 e. The maximum atomic E-state index is 4.62. The Bertz CT molecular complexity index is 1170. The van der Waals surface area contributed by atoms with E-state index >= 15 is 0 Å². The Hall–Kier alpha value is -3.94. The number of nitrogens with one attached hydrogen (secondary N) is 3. The summed E-state index contributed by atoms with van der Waals surface area (Å²) in [7, 11) is 1.77. The molecule has 0 aliphatic heterocycles. The number of rotatable bonds is 6. The van der Waals surface area contributed by atoms with E-state index in [0.29, 0.717) is 13.1 Å². The van der Waals surface area contributed by atoms with Crippen LogP contribution in [0.25, 0.3) is 17.1 Å². The lowest BCUT2D eigenvalue weighted by Crippen LogP contribution is -2.36. The molecule has 4 aromatic rings. The molecule has 4 rings (SSSR count). The minimum Gasteiger partial charge on any atom is -0.352 e. The van der Waals surface area contributed by atoms with Crippen molar-refractivity contribution in [2.45, 2.75) is 26.9 Å². The predicted molar refractivity (Wildman–Crippen MR) is 122 cm³/mol. The van der Waals surface area contributed by atoms with Crippen molar-refractivity contribution in [3.63, 3.8) is 0 Å². The fourth-order valence-corrected chi connectivity index (χ4v) is 3.50. The van der Waals surface area contributed by atoms with Gasteiger partial charge in [-0.05, 0) is 43.2 Å². The highest BCUT2D eigenvalue weighted by molar-refractivity contribution is 5.79. The van der Waals surface area contributed by atoms with Gasteiger partial charge in [-0.15, -0.1) is 0 Å². The number of guanidine groups is 1. The van der Waals surface area contributed by atoms with Gasteiger partial charge in [-0.2, -0.15) is 10.2 Å². The molecule has 8 nitrogen and oxygen atoms in total. The van der Waals surface area contributed by atoms with Crippen molar-refractivity contribution >= 4 is 5.96 Å². The number of para-hydroxylation sites is 1. The standard InChI is InChI=1S/C23H26N8/c1-16-11-17(2)31(30-16)21-10-5-4-8-20(21)14-26-23(24-3)25-13-18-7-6-9-19(12-18)22-27-15-28-29-22/h4-12,15H,13-14H2,1-3H3,(H2,24,25,26)(H,27,28,29). The Morgan fingerprint density at radius 3 is 2.61 bits per heavy atom. The first-order valence-corrected chi connectivity index (χ1v) is 10.1. The summed E-state index contributed by atoms with van der Waals surface area (Å²) in [5.74, 6) is 1.48. The molecule has 0 aliphatic carbocycles. The van der Waals surface area contributed by atoms with Gasteiger partial charge in [0.05, 0.1) is 11.4 Å². The fourth-order valence-electron chi connectivity index (χ4n) is 3.50. The van der Waals surface area contributed by atoms with Crippen LogP contribution in [0, 0.1) is 13.8 Å². The molecule has 0 unspecified atom stereocenters. The van der Waals surface area contributed by atoms with Gasteiger partial charge in [0.2, 0.25) is 0 Å². The van der Waals surface area contributed by atoms with Gasteiger partial charge in [0.25, 0.3) is 0 Å². The first-order valence-electron chi connectivity index (χ1n) is 10.1. The molecular formula is C23H26N8. The molecule has 158 valence electrons. The van der Waals surface area contributed by atoms with Crippen molar-refractivity contribution in [3.8, 4) is 17.1 Å². The minimum atomic E-state index is 0.631. The Morgan fingerprint density at radius 1 is 1.03 bits per heavy atom. The lowest BCUT2D eigenvalue weighted by molar-refractivity contribution is 0.781. The number of hydrogen-bond acceptors (Lipinski definition) is 4. The molecule has 0 radical (unpaired) electrons. The highest BCUT2D eigenvalue weighted by Crippen LogP contribution is 2.17. The van der Waals surface area contributed by atoms with Crippen molar-refractivity contribution in [2.75, 3.05) is 7.05 Å². The summed E-state index contributed by atoms with van der Waals surface area (Å²) in [4.78, 5) is 8.57. The summed E-state index contributed by atoms with van der Waals surface area (Å²) in [6.45, 7) is 5.35. The highest BCUT2D eigenvalue weighted by Gasteiger charge is 2.09. The molecule has 2 aromatic carbocycles. The van der Waals surface area contributed by atoms with Crippen LogP contribution in [-0.2, 0) is 13.1 Å². The molecule has 0 fully saturated rings. The number of aliphatic imine (C=N–C) groups is 1. The lowest BCUT2D eigenvalue weighted by Gasteiger charge is -2.15. The number of aromatic amines is 1. The Kier molecular flexibility index (Phi) is 6.07. The van der Waals surface area contributed by atoms with Crippen LogP contribution in [0.2, 0.25) is 0 Å². The Labute approximate surface area is 181 Å². The van der Waals surface area contributed by atoms with Crippen LogP contribution in [0.4, 0.5) is 0 Å². The summed E-state index contributed by atoms with van der Waals surface area (Å²) in [6, 6.07) is 18.5. The third-order valence-corrected chi connectivity index (χ3v) is 4.97. The van der Waals surface area contributed by atoms with Crippen molar-refractivity contribution in [1.29, 1.82) is 0 Å². The van der Waals surface area contributed by atoms with Gasteiger partial charge in [0.1, 0.15) is 6.33 Å². The van der Waals surface area contributed by atoms with E-state index in [0.717, 1.165) is 45.5 Å². The van der Waals surface area contributed by atoms with Crippen molar-refractivity contribution in [2.24, 2.45) is 4.99 Å². The molecule has 2 aromatic heterocycles. The zero-order chi connectivity index (χ0) is 21.6. The van der Waals surface area contributed by atoms with Crippen LogP contribution in [0.5, 0.6) is 0 Å². The molecule has 0 atom stereocenters. The Morgan fingerprint density at radius 2 is 1.87 bits per heavy atom. The summed E-state index contributed by atoms with van der Waals surface area (Å²) in [5, 5.41) is 18.2. The molecule has 2 heterocycles. The van der Waals surface area contributed by atoms with Crippen LogP contribution >= 0.6 is 0 Å². The molecule has 3 N–H and O–H groups in total. The maximum Gasteiger partial charge on any atom is 0.191 e. The number of benzene rings is 2. The van der Waals surface area contributed by atoms with E-state index in [-0.39, 0.29) is 0 Å². The molecule has 0 saturated carbocycles. The second-order valence-electron chi connectivity index (χ2n) is 7.28. The van der Waals surface area contributed by atoms with Gasteiger partial charge in [-0.25, -0.2) is 9.67 Å². The SMILES string of the molecule is CN=C(NCc1cccc(-c2ncn[nH]2)c1)NCc1ccccc1-n1nc(C)cc1C. The quantitative estimate of drug-likeness (QED) is 0.333. The van der Waals surface area contributed by atoms with Gasteiger partial charge in [-0.3, -0.25) is 10.1 Å². The molecule has 8 heteroatoms. The highest BCUT2D eigenvalue weighted by atomic mass is 15.3. The first-order chi connectivity index (χ1) is 15.1. The number of hydrogen-bond donors (Lipinski definition) is 3. The topological polar surface area (TPSA) is 95.8 Å². The van der Waals surface area contributed by atoms with Crippen LogP contribution in [-0.4, -0.2) is 38.0 Å². The average molecular weight is 415 g/mol. The maximum absolute atomic E-state index is 4.62. The monoisotopic (exact) mass is 414 g/mol. The first kappa shape index (κ1) is 20.3. The second kappa shape index (κ2) is 9.25. The van der Waals surface area contributed by atoms with Crippen molar-refractivity contribution < 1.29 is 0 Å². The van der Waals surface area contributed by atoms with E-state index in [1.807, 2.05) is 35.9 Å². The molecule has 0 amide bonds. The largest absolute Gasteiger partial charge is 0.352 e. The van der Waals surface area contributed by atoms with Gasteiger partial charge < -0.3 is 10.6 Å². The van der Waals surface area contributed by atoms with Crippen LogP contribution in [0.3, 0.4) is 0 Å².